The van der Waals surface area contributed by atoms with Crippen molar-refractivity contribution in [3.63, 3.8) is 0 Å². The molecule has 0 saturated heterocycles. The molecule has 0 aliphatic rings. The highest BCUT2D eigenvalue weighted by atomic mass is 79.9. The predicted octanol–water partition coefficient (Wildman–Crippen LogP) is 3.58. The van der Waals surface area contributed by atoms with Gasteiger partial charge in [-0.1, -0.05) is 33.2 Å². The maximum Gasteiger partial charge on any atom is 0.0270 e. The molecule has 0 aromatic heterocycles. The maximum absolute atomic E-state index is 8.13. The average Bonchev–Trinajstić information content (AvgIpc) is 2.28. The van der Waals surface area contributed by atoms with Gasteiger partial charge in [0.25, 0.3) is 0 Å². The van der Waals surface area contributed by atoms with Crippen molar-refractivity contribution >= 4 is 15.9 Å². The summed E-state index contributed by atoms with van der Waals surface area (Å²) in [4.78, 5) is 4.95. The van der Waals surface area contributed by atoms with Crippen LogP contribution in [0.25, 0.3) is 10.4 Å². The van der Waals surface area contributed by atoms with Crippen molar-refractivity contribution in [1.82, 2.24) is 4.90 Å². The van der Waals surface area contributed by atoms with Gasteiger partial charge in [-0.2, -0.15) is 0 Å². The molecule has 0 N–H and O–H groups in total. The summed E-state index contributed by atoms with van der Waals surface area (Å²) in [5.41, 5.74) is 9.42. The van der Waals surface area contributed by atoms with E-state index in [0.29, 0.717) is 6.54 Å². The Morgan fingerprint density at radius 1 is 1.38 bits per heavy atom. The van der Waals surface area contributed by atoms with E-state index in [1.807, 2.05) is 12.1 Å². The minimum Gasteiger partial charge on any atom is -0.302 e. The highest BCUT2D eigenvalue weighted by Crippen LogP contribution is 2.11. The molecule has 4 nitrogen and oxygen atoms in total. The lowest BCUT2D eigenvalue weighted by Crippen LogP contribution is -2.19. The van der Waals surface area contributed by atoms with Crippen LogP contribution >= 0.6 is 15.9 Å². The van der Waals surface area contributed by atoms with E-state index in [1.165, 1.54) is 5.56 Å². The molecule has 0 bridgehead atoms. The zero-order valence-corrected chi connectivity index (χ0v) is 10.9. The Balaban J connectivity index is 2.30. The molecule has 0 aliphatic carbocycles. The molecule has 1 aromatic carbocycles. The lowest BCUT2D eigenvalue weighted by molar-refractivity contribution is 0.324. The third-order valence-electron chi connectivity index (χ3n) is 2.23. The van der Waals surface area contributed by atoms with Gasteiger partial charge >= 0.3 is 0 Å². The molecule has 0 aliphatic heterocycles. The van der Waals surface area contributed by atoms with Crippen LogP contribution in [0.15, 0.2) is 33.9 Å². The van der Waals surface area contributed by atoms with E-state index in [1.54, 1.807) is 0 Å². The molecule has 86 valence electrons. The van der Waals surface area contributed by atoms with E-state index in [9.17, 15) is 0 Å². The molecule has 0 spiro atoms. The first-order valence-electron chi connectivity index (χ1n) is 5.16. The average molecular weight is 283 g/mol. The molecule has 0 heterocycles. The van der Waals surface area contributed by atoms with Crippen molar-refractivity contribution in [2.24, 2.45) is 5.11 Å². The first kappa shape index (κ1) is 13.0. The summed E-state index contributed by atoms with van der Waals surface area (Å²) in [5, 5.41) is 3.51. The fraction of sp³-hybridized carbons (Fsp3) is 0.455. The fourth-order valence-corrected chi connectivity index (χ4v) is 1.70. The number of azide groups is 1. The third-order valence-corrected chi connectivity index (χ3v) is 2.76. The first-order valence-corrected chi connectivity index (χ1v) is 5.95. The van der Waals surface area contributed by atoms with Gasteiger partial charge in [0.05, 0.1) is 0 Å². The smallest absolute Gasteiger partial charge is 0.0270 e. The minimum absolute atomic E-state index is 0.571. The van der Waals surface area contributed by atoms with Crippen molar-refractivity contribution in [2.75, 3.05) is 20.1 Å². The van der Waals surface area contributed by atoms with Gasteiger partial charge in [-0.15, -0.1) is 0 Å². The summed E-state index contributed by atoms with van der Waals surface area (Å²) < 4.78 is 1.10. The number of hydrogen-bond donors (Lipinski definition) is 0. The molecule has 0 amide bonds. The Kier molecular flexibility index (Phi) is 5.93. The second kappa shape index (κ2) is 7.28. The van der Waals surface area contributed by atoms with Crippen LogP contribution in [0.4, 0.5) is 0 Å². The second-order valence-corrected chi connectivity index (χ2v) is 4.59. The normalized spacial score (nSPS) is 10.2. The van der Waals surface area contributed by atoms with Crippen LogP contribution in [0, 0.1) is 0 Å². The number of halogens is 1. The van der Waals surface area contributed by atoms with Crippen LogP contribution in [-0.4, -0.2) is 25.0 Å². The van der Waals surface area contributed by atoms with Crippen LogP contribution in [0.5, 0.6) is 0 Å². The number of nitrogens with zero attached hydrogens (tertiary/aromatic N) is 4. The van der Waals surface area contributed by atoms with Crippen molar-refractivity contribution in [2.45, 2.75) is 13.0 Å². The van der Waals surface area contributed by atoms with Crippen molar-refractivity contribution in [3.05, 3.63) is 44.7 Å². The topological polar surface area (TPSA) is 52.0 Å². The zero-order chi connectivity index (χ0) is 11.8. The monoisotopic (exact) mass is 282 g/mol. The summed E-state index contributed by atoms with van der Waals surface area (Å²) in [7, 11) is 2.07. The van der Waals surface area contributed by atoms with E-state index in [0.717, 1.165) is 24.0 Å². The molecule has 0 saturated carbocycles. The molecule has 0 atom stereocenters. The standard InChI is InChI=1S/C11H15BrN4/c1-16(8-2-7-14-15-13)9-10-3-5-11(12)6-4-10/h3-6H,2,7-9H2,1H3. The fourth-order valence-electron chi connectivity index (χ4n) is 1.44. The molecule has 5 heteroatoms. The highest BCUT2D eigenvalue weighted by Gasteiger charge is 1.99. The van der Waals surface area contributed by atoms with E-state index in [-0.39, 0.29) is 0 Å². The molecule has 0 radical (unpaired) electrons. The van der Waals surface area contributed by atoms with Crippen molar-refractivity contribution < 1.29 is 0 Å². The summed E-state index contributed by atoms with van der Waals surface area (Å²) in [5.74, 6) is 0. The van der Waals surface area contributed by atoms with Crippen LogP contribution in [-0.2, 0) is 6.54 Å². The predicted molar refractivity (Wildman–Crippen MR) is 69.1 cm³/mol. The van der Waals surface area contributed by atoms with E-state index in [4.69, 9.17) is 5.53 Å². The van der Waals surface area contributed by atoms with Gasteiger partial charge in [0.2, 0.25) is 0 Å². The third kappa shape index (κ3) is 5.16. The van der Waals surface area contributed by atoms with E-state index in [2.05, 4.69) is 50.0 Å². The SMILES string of the molecule is CN(CCCN=[N+]=[N-])Cc1ccc(Br)cc1. The summed E-state index contributed by atoms with van der Waals surface area (Å²) >= 11 is 3.41. The van der Waals surface area contributed by atoms with Crippen molar-refractivity contribution in [1.29, 1.82) is 0 Å². The lowest BCUT2D eigenvalue weighted by atomic mass is 10.2. The summed E-state index contributed by atoms with van der Waals surface area (Å²) in [6, 6.07) is 8.30. The number of hydrogen-bond acceptors (Lipinski definition) is 2. The summed E-state index contributed by atoms with van der Waals surface area (Å²) in [6.07, 6.45) is 0.900. The van der Waals surface area contributed by atoms with Crippen LogP contribution in [0.3, 0.4) is 0 Å². The number of benzene rings is 1. The molecule has 1 aromatic rings. The van der Waals surface area contributed by atoms with Gasteiger partial charge < -0.3 is 4.90 Å². The van der Waals surface area contributed by atoms with E-state index >= 15 is 0 Å². The van der Waals surface area contributed by atoms with Gasteiger partial charge in [0.15, 0.2) is 0 Å². The van der Waals surface area contributed by atoms with Gasteiger partial charge in [-0.25, -0.2) is 0 Å². The minimum atomic E-state index is 0.571. The molecule has 0 unspecified atom stereocenters. The van der Waals surface area contributed by atoms with Crippen LogP contribution in [0.2, 0.25) is 0 Å². The van der Waals surface area contributed by atoms with Crippen molar-refractivity contribution in [3.8, 4) is 0 Å². The highest BCUT2D eigenvalue weighted by molar-refractivity contribution is 9.10. The first-order chi connectivity index (χ1) is 7.72. The second-order valence-electron chi connectivity index (χ2n) is 3.67. The van der Waals surface area contributed by atoms with Gasteiger partial charge in [-0.3, -0.25) is 0 Å². The molecule has 1 rings (SSSR count). The number of rotatable bonds is 6. The lowest BCUT2D eigenvalue weighted by Gasteiger charge is -2.15. The van der Waals surface area contributed by atoms with Gasteiger partial charge in [-0.05, 0) is 43.2 Å². The molecule has 16 heavy (non-hydrogen) atoms. The maximum atomic E-state index is 8.13. The van der Waals surface area contributed by atoms with Gasteiger partial charge in [0, 0.05) is 22.5 Å². The zero-order valence-electron chi connectivity index (χ0n) is 9.30. The van der Waals surface area contributed by atoms with Crippen LogP contribution in [0.1, 0.15) is 12.0 Å². The largest absolute Gasteiger partial charge is 0.302 e. The Bertz CT molecular complexity index is 357. The Hall–Kier alpha value is -1.03. The molecular formula is C11H15BrN4. The Morgan fingerprint density at radius 3 is 2.69 bits per heavy atom. The Morgan fingerprint density at radius 2 is 2.06 bits per heavy atom. The Labute approximate surface area is 104 Å². The quantitative estimate of drug-likeness (QED) is 0.341. The van der Waals surface area contributed by atoms with Gasteiger partial charge in [0.1, 0.15) is 0 Å². The molecular weight excluding hydrogens is 268 g/mol. The van der Waals surface area contributed by atoms with E-state index < -0.39 is 0 Å². The molecule has 0 fully saturated rings. The summed E-state index contributed by atoms with van der Waals surface area (Å²) in [6.45, 7) is 2.43. The van der Waals surface area contributed by atoms with Crippen LogP contribution < -0.4 is 0 Å².